The normalized spacial score (nSPS) is 14.4. The van der Waals surface area contributed by atoms with E-state index in [9.17, 15) is 0 Å². The Morgan fingerprint density at radius 2 is 1.71 bits per heavy atom. The SMILES string of the molecule is CCNC(c1ccc(CC)cc1)C(C)OCCCC(C)C. The van der Waals surface area contributed by atoms with E-state index in [1.54, 1.807) is 0 Å². The Labute approximate surface area is 131 Å². The Bertz CT molecular complexity index is 372. The molecule has 0 fully saturated rings. The molecule has 0 spiro atoms. The highest BCUT2D eigenvalue weighted by Gasteiger charge is 2.18. The van der Waals surface area contributed by atoms with E-state index in [1.165, 1.54) is 17.5 Å². The molecule has 0 saturated heterocycles. The number of rotatable bonds is 10. The molecule has 1 aromatic rings. The standard InChI is InChI=1S/C19H33NO/c1-6-17-10-12-18(13-11-17)19(20-7-2)16(5)21-14-8-9-15(3)4/h10-13,15-16,19-20H,6-9,14H2,1-5H3. The van der Waals surface area contributed by atoms with Gasteiger partial charge in [-0.15, -0.1) is 0 Å². The van der Waals surface area contributed by atoms with Crippen LogP contribution in [0.4, 0.5) is 0 Å². The Balaban J connectivity index is 2.57. The molecule has 1 rings (SSSR count). The zero-order chi connectivity index (χ0) is 15.7. The van der Waals surface area contributed by atoms with Gasteiger partial charge in [-0.1, -0.05) is 52.0 Å². The highest BCUT2D eigenvalue weighted by Crippen LogP contribution is 2.20. The molecule has 0 aromatic heterocycles. The molecular formula is C19H33NO. The van der Waals surface area contributed by atoms with Crippen molar-refractivity contribution in [2.24, 2.45) is 5.92 Å². The molecule has 0 bridgehead atoms. The number of aryl methyl sites for hydroxylation is 1. The van der Waals surface area contributed by atoms with Crippen molar-refractivity contribution in [3.63, 3.8) is 0 Å². The largest absolute Gasteiger partial charge is 0.377 e. The van der Waals surface area contributed by atoms with Crippen molar-refractivity contribution in [2.45, 2.75) is 66.0 Å². The number of ether oxygens (including phenoxy) is 1. The zero-order valence-corrected chi connectivity index (χ0v) is 14.5. The Morgan fingerprint density at radius 3 is 2.24 bits per heavy atom. The van der Waals surface area contributed by atoms with Crippen LogP contribution in [0.15, 0.2) is 24.3 Å². The van der Waals surface area contributed by atoms with Gasteiger partial charge in [0.1, 0.15) is 0 Å². The number of nitrogens with one attached hydrogen (secondary N) is 1. The third-order valence-corrected chi connectivity index (χ3v) is 3.95. The average Bonchev–Trinajstić information content (AvgIpc) is 2.49. The van der Waals surface area contributed by atoms with Crippen molar-refractivity contribution in [1.82, 2.24) is 5.32 Å². The van der Waals surface area contributed by atoms with Gasteiger partial charge in [-0.25, -0.2) is 0 Å². The first-order chi connectivity index (χ1) is 10.1. The predicted octanol–water partition coefficient (Wildman–Crippen LogP) is 4.74. The molecule has 2 nitrogen and oxygen atoms in total. The van der Waals surface area contributed by atoms with Gasteiger partial charge >= 0.3 is 0 Å². The van der Waals surface area contributed by atoms with E-state index in [4.69, 9.17) is 4.74 Å². The molecular weight excluding hydrogens is 258 g/mol. The number of hydrogen-bond donors (Lipinski definition) is 1. The van der Waals surface area contributed by atoms with E-state index >= 15 is 0 Å². The number of hydrogen-bond acceptors (Lipinski definition) is 2. The van der Waals surface area contributed by atoms with Crippen LogP contribution in [-0.2, 0) is 11.2 Å². The Morgan fingerprint density at radius 1 is 1.05 bits per heavy atom. The molecule has 0 saturated carbocycles. The van der Waals surface area contributed by atoms with Gasteiger partial charge in [-0.3, -0.25) is 0 Å². The molecule has 0 heterocycles. The molecule has 2 unspecified atom stereocenters. The molecule has 0 aliphatic carbocycles. The molecule has 120 valence electrons. The minimum absolute atomic E-state index is 0.199. The van der Waals surface area contributed by atoms with Crippen LogP contribution >= 0.6 is 0 Å². The van der Waals surface area contributed by atoms with Gasteiger partial charge in [-0.05, 0) is 49.8 Å². The summed E-state index contributed by atoms with van der Waals surface area (Å²) in [7, 11) is 0. The van der Waals surface area contributed by atoms with Gasteiger partial charge in [0, 0.05) is 6.61 Å². The minimum Gasteiger partial charge on any atom is -0.377 e. The van der Waals surface area contributed by atoms with E-state index in [0.717, 1.165) is 31.9 Å². The van der Waals surface area contributed by atoms with Crippen LogP contribution in [-0.4, -0.2) is 19.3 Å². The van der Waals surface area contributed by atoms with Gasteiger partial charge in [0.15, 0.2) is 0 Å². The maximum absolute atomic E-state index is 6.06. The van der Waals surface area contributed by atoms with Gasteiger partial charge in [-0.2, -0.15) is 0 Å². The summed E-state index contributed by atoms with van der Waals surface area (Å²) < 4.78 is 6.06. The first-order valence-corrected chi connectivity index (χ1v) is 8.52. The van der Waals surface area contributed by atoms with Crippen LogP contribution in [0.5, 0.6) is 0 Å². The first kappa shape index (κ1) is 18.2. The van der Waals surface area contributed by atoms with Crippen molar-refractivity contribution < 1.29 is 4.74 Å². The van der Waals surface area contributed by atoms with Crippen molar-refractivity contribution >= 4 is 0 Å². The first-order valence-electron chi connectivity index (χ1n) is 8.52. The van der Waals surface area contributed by atoms with Gasteiger partial charge < -0.3 is 10.1 Å². The Hall–Kier alpha value is -0.860. The van der Waals surface area contributed by atoms with Gasteiger partial charge in [0.25, 0.3) is 0 Å². The van der Waals surface area contributed by atoms with E-state index in [-0.39, 0.29) is 12.1 Å². The molecule has 0 amide bonds. The van der Waals surface area contributed by atoms with Crippen molar-refractivity contribution in [3.8, 4) is 0 Å². The molecule has 21 heavy (non-hydrogen) atoms. The summed E-state index contributed by atoms with van der Waals surface area (Å²) in [5.41, 5.74) is 2.71. The lowest BCUT2D eigenvalue weighted by Gasteiger charge is -2.26. The maximum Gasteiger partial charge on any atom is 0.0741 e. The predicted molar refractivity (Wildman–Crippen MR) is 91.7 cm³/mol. The third-order valence-electron chi connectivity index (χ3n) is 3.95. The summed E-state index contributed by atoms with van der Waals surface area (Å²) in [6.45, 7) is 12.9. The summed E-state index contributed by atoms with van der Waals surface area (Å²) in [4.78, 5) is 0. The fraction of sp³-hybridized carbons (Fsp3) is 0.684. The maximum atomic E-state index is 6.06. The Kier molecular flexibility index (Phi) is 8.63. The van der Waals surface area contributed by atoms with Gasteiger partial charge in [0.2, 0.25) is 0 Å². The average molecular weight is 291 g/mol. The quantitative estimate of drug-likeness (QED) is 0.629. The second-order valence-electron chi connectivity index (χ2n) is 6.24. The van der Waals surface area contributed by atoms with E-state index in [0.29, 0.717) is 0 Å². The van der Waals surface area contributed by atoms with Crippen LogP contribution in [0, 0.1) is 5.92 Å². The van der Waals surface area contributed by atoms with Crippen molar-refractivity contribution in [1.29, 1.82) is 0 Å². The summed E-state index contributed by atoms with van der Waals surface area (Å²) in [5, 5.41) is 3.56. The van der Waals surface area contributed by atoms with Crippen molar-refractivity contribution in [3.05, 3.63) is 35.4 Å². The molecule has 0 radical (unpaired) electrons. The smallest absolute Gasteiger partial charge is 0.0741 e. The second kappa shape index (κ2) is 9.97. The topological polar surface area (TPSA) is 21.3 Å². The molecule has 0 aliphatic rings. The van der Waals surface area contributed by atoms with Crippen molar-refractivity contribution in [2.75, 3.05) is 13.2 Å². The monoisotopic (exact) mass is 291 g/mol. The number of likely N-dealkylation sites (N-methyl/N-ethyl adjacent to an activating group) is 1. The van der Waals surface area contributed by atoms with Crippen LogP contribution in [0.25, 0.3) is 0 Å². The lowest BCUT2D eigenvalue weighted by molar-refractivity contribution is 0.0355. The minimum atomic E-state index is 0.199. The molecule has 2 atom stereocenters. The number of benzene rings is 1. The van der Waals surface area contributed by atoms with Crippen LogP contribution in [0.1, 0.15) is 64.6 Å². The summed E-state index contributed by atoms with van der Waals surface area (Å²) in [6, 6.07) is 9.20. The molecule has 0 aliphatic heterocycles. The third kappa shape index (κ3) is 6.62. The van der Waals surface area contributed by atoms with Gasteiger partial charge in [0.05, 0.1) is 12.1 Å². The lowest BCUT2D eigenvalue weighted by atomic mass is 10.00. The fourth-order valence-corrected chi connectivity index (χ4v) is 2.59. The highest BCUT2D eigenvalue weighted by molar-refractivity contribution is 5.25. The fourth-order valence-electron chi connectivity index (χ4n) is 2.59. The van der Waals surface area contributed by atoms with Crippen LogP contribution in [0.2, 0.25) is 0 Å². The highest BCUT2D eigenvalue weighted by atomic mass is 16.5. The summed E-state index contributed by atoms with van der Waals surface area (Å²) in [5.74, 6) is 0.759. The summed E-state index contributed by atoms with van der Waals surface area (Å²) >= 11 is 0. The lowest BCUT2D eigenvalue weighted by Crippen LogP contribution is -2.32. The van der Waals surface area contributed by atoms with E-state index < -0.39 is 0 Å². The van der Waals surface area contributed by atoms with Crippen LogP contribution in [0.3, 0.4) is 0 Å². The second-order valence-corrected chi connectivity index (χ2v) is 6.24. The molecule has 2 heteroatoms. The molecule has 1 N–H and O–H groups in total. The summed E-state index contributed by atoms with van der Waals surface area (Å²) in [6.07, 6.45) is 3.68. The van der Waals surface area contributed by atoms with Crippen LogP contribution < -0.4 is 5.32 Å². The van der Waals surface area contributed by atoms with E-state index in [1.807, 2.05) is 0 Å². The zero-order valence-electron chi connectivity index (χ0n) is 14.5. The molecule has 1 aromatic carbocycles. The van der Waals surface area contributed by atoms with E-state index in [2.05, 4.69) is 64.2 Å².